The molecule has 0 aromatic heterocycles. The van der Waals surface area contributed by atoms with Crippen LogP contribution in [0.5, 0.6) is 0 Å². The number of carbonyl (C=O) groups is 1. The van der Waals surface area contributed by atoms with Crippen LogP contribution in [0.2, 0.25) is 0 Å². The van der Waals surface area contributed by atoms with Crippen molar-refractivity contribution in [1.29, 1.82) is 0 Å². The highest BCUT2D eigenvalue weighted by Crippen LogP contribution is 2.30. The van der Waals surface area contributed by atoms with Crippen LogP contribution in [0.3, 0.4) is 0 Å². The standard InChI is InChI=1S/C8H16N2O4S2/c1-5(2)9-16(13,14)10-6(3)15-4-7(10)8(11)12/h5-7,9H,4H2,1-3H3,(H,11,12). The average molecular weight is 268 g/mol. The minimum absolute atomic E-state index is 0.253. The zero-order valence-electron chi connectivity index (χ0n) is 9.37. The Morgan fingerprint density at radius 1 is 1.56 bits per heavy atom. The number of aliphatic carboxylic acids is 1. The van der Waals surface area contributed by atoms with Crippen LogP contribution in [0.15, 0.2) is 0 Å². The Balaban J connectivity index is 2.95. The molecule has 2 unspecified atom stereocenters. The maximum Gasteiger partial charge on any atom is 0.322 e. The average Bonchev–Trinajstić information content (AvgIpc) is 2.44. The highest BCUT2D eigenvalue weighted by atomic mass is 32.2. The van der Waals surface area contributed by atoms with Gasteiger partial charge in [-0.2, -0.15) is 17.4 Å². The third kappa shape index (κ3) is 2.88. The van der Waals surface area contributed by atoms with Crippen LogP contribution in [0, 0.1) is 0 Å². The van der Waals surface area contributed by atoms with E-state index in [1.807, 2.05) is 0 Å². The molecule has 8 heteroatoms. The van der Waals surface area contributed by atoms with Gasteiger partial charge in [-0.1, -0.05) is 0 Å². The van der Waals surface area contributed by atoms with Crippen LogP contribution < -0.4 is 4.72 Å². The fourth-order valence-corrected chi connectivity index (χ4v) is 4.82. The molecule has 6 nitrogen and oxygen atoms in total. The molecule has 0 bridgehead atoms. The van der Waals surface area contributed by atoms with E-state index >= 15 is 0 Å². The molecule has 1 saturated heterocycles. The van der Waals surface area contributed by atoms with Gasteiger partial charge in [0.2, 0.25) is 0 Å². The number of nitrogens with one attached hydrogen (secondary N) is 1. The molecule has 2 atom stereocenters. The lowest BCUT2D eigenvalue weighted by Gasteiger charge is -2.25. The smallest absolute Gasteiger partial charge is 0.322 e. The predicted octanol–water partition coefficient (Wildman–Crippen LogP) is 0.0772. The number of thioether (sulfide) groups is 1. The Kier molecular flexibility index (Phi) is 4.22. The Morgan fingerprint density at radius 3 is 2.56 bits per heavy atom. The van der Waals surface area contributed by atoms with Crippen LogP contribution in [0.4, 0.5) is 0 Å². The quantitative estimate of drug-likeness (QED) is 0.754. The first-order valence-corrected chi connectivity index (χ1v) is 7.40. The second kappa shape index (κ2) is 4.91. The van der Waals surface area contributed by atoms with Crippen molar-refractivity contribution in [3.8, 4) is 0 Å². The summed E-state index contributed by atoms with van der Waals surface area (Å²) in [5.74, 6) is -0.818. The molecule has 1 fully saturated rings. The summed E-state index contributed by atoms with van der Waals surface area (Å²) in [6, 6.07) is -1.23. The number of hydrogen-bond acceptors (Lipinski definition) is 4. The van der Waals surface area contributed by atoms with E-state index in [-0.39, 0.29) is 17.2 Å². The first-order valence-electron chi connectivity index (χ1n) is 4.91. The maximum absolute atomic E-state index is 11.9. The van der Waals surface area contributed by atoms with Gasteiger partial charge in [0.1, 0.15) is 6.04 Å². The van der Waals surface area contributed by atoms with Crippen LogP contribution in [0.25, 0.3) is 0 Å². The van der Waals surface area contributed by atoms with E-state index in [0.29, 0.717) is 0 Å². The first-order chi connectivity index (χ1) is 7.25. The second-order valence-corrected chi connectivity index (χ2v) is 6.85. The number of hydrogen-bond donors (Lipinski definition) is 2. The van der Waals surface area contributed by atoms with Crippen molar-refractivity contribution in [2.45, 2.75) is 38.2 Å². The van der Waals surface area contributed by atoms with Crippen LogP contribution in [-0.4, -0.2) is 47.0 Å². The first kappa shape index (κ1) is 13.8. The van der Waals surface area contributed by atoms with Crippen molar-refractivity contribution in [2.75, 3.05) is 5.75 Å². The highest BCUT2D eigenvalue weighted by molar-refractivity contribution is 8.01. The molecule has 1 aliphatic rings. The van der Waals surface area contributed by atoms with E-state index < -0.39 is 22.2 Å². The fourth-order valence-electron chi connectivity index (χ4n) is 1.53. The van der Waals surface area contributed by atoms with E-state index in [0.717, 1.165) is 4.31 Å². The van der Waals surface area contributed by atoms with E-state index in [1.54, 1.807) is 20.8 Å². The van der Waals surface area contributed by atoms with Crippen LogP contribution in [0.1, 0.15) is 20.8 Å². The van der Waals surface area contributed by atoms with Crippen molar-refractivity contribution in [2.24, 2.45) is 0 Å². The molecule has 1 heterocycles. The summed E-state index contributed by atoms with van der Waals surface area (Å²) in [5.41, 5.74) is 0. The third-order valence-electron chi connectivity index (χ3n) is 2.11. The lowest BCUT2D eigenvalue weighted by atomic mass is 10.3. The minimum atomic E-state index is -3.72. The molecule has 0 aromatic rings. The number of nitrogens with zero attached hydrogens (tertiary/aromatic N) is 1. The van der Waals surface area contributed by atoms with Crippen molar-refractivity contribution >= 4 is 27.9 Å². The van der Waals surface area contributed by atoms with E-state index in [9.17, 15) is 13.2 Å². The third-order valence-corrected chi connectivity index (χ3v) is 5.35. The molecule has 94 valence electrons. The number of carboxylic acid groups (broad SMARTS) is 1. The topological polar surface area (TPSA) is 86.7 Å². The second-order valence-electron chi connectivity index (χ2n) is 3.89. The molecule has 0 aromatic carbocycles. The Bertz CT molecular complexity index is 368. The number of carboxylic acids is 1. The summed E-state index contributed by atoms with van der Waals surface area (Å²) in [5, 5.41) is 8.60. The molecule has 0 saturated carbocycles. The Hall–Kier alpha value is -0.310. The summed E-state index contributed by atoms with van der Waals surface area (Å²) < 4.78 is 27.2. The molecule has 1 rings (SSSR count). The highest BCUT2D eigenvalue weighted by Gasteiger charge is 2.43. The summed E-state index contributed by atoms with van der Waals surface area (Å²) in [4.78, 5) is 10.9. The SMILES string of the molecule is CC(C)NS(=O)(=O)N1C(C)SCC1C(=O)O. The molecule has 0 radical (unpaired) electrons. The zero-order valence-corrected chi connectivity index (χ0v) is 11.0. The minimum Gasteiger partial charge on any atom is -0.480 e. The lowest BCUT2D eigenvalue weighted by Crippen LogP contribution is -2.51. The largest absolute Gasteiger partial charge is 0.480 e. The van der Waals surface area contributed by atoms with Crippen molar-refractivity contribution < 1.29 is 18.3 Å². The molecule has 0 aliphatic carbocycles. The molecule has 16 heavy (non-hydrogen) atoms. The zero-order chi connectivity index (χ0) is 12.5. The monoisotopic (exact) mass is 268 g/mol. The molecular formula is C8H16N2O4S2. The van der Waals surface area contributed by atoms with Crippen molar-refractivity contribution in [3.05, 3.63) is 0 Å². The van der Waals surface area contributed by atoms with Crippen molar-refractivity contribution in [3.63, 3.8) is 0 Å². The summed E-state index contributed by atoms with van der Waals surface area (Å²) >= 11 is 1.32. The van der Waals surface area contributed by atoms with Crippen LogP contribution >= 0.6 is 11.8 Å². The fraction of sp³-hybridized carbons (Fsp3) is 0.875. The van der Waals surface area contributed by atoms with Gasteiger partial charge in [-0.3, -0.25) is 4.79 Å². The predicted molar refractivity (Wildman–Crippen MR) is 62.4 cm³/mol. The number of rotatable bonds is 4. The van der Waals surface area contributed by atoms with Gasteiger partial charge in [0.15, 0.2) is 0 Å². The van der Waals surface area contributed by atoms with E-state index in [2.05, 4.69) is 4.72 Å². The van der Waals surface area contributed by atoms with Gasteiger partial charge in [-0.25, -0.2) is 0 Å². The van der Waals surface area contributed by atoms with Gasteiger partial charge in [0.05, 0.1) is 5.37 Å². The summed E-state index contributed by atoms with van der Waals surface area (Å²) in [6.45, 7) is 5.08. The van der Waals surface area contributed by atoms with E-state index in [4.69, 9.17) is 5.11 Å². The van der Waals surface area contributed by atoms with Gasteiger partial charge in [-0.05, 0) is 20.8 Å². The van der Waals surface area contributed by atoms with E-state index in [1.165, 1.54) is 11.8 Å². The van der Waals surface area contributed by atoms with Gasteiger partial charge in [-0.15, -0.1) is 11.8 Å². The van der Waals surface area contributed by atoms with Gasteiger partial charge in [0, 0.05) is 11.8 Å². The normalized spacial score (nSPS) is 27.5. The molecule has 0 spiro atoms. The molecule has 1 aliphatic heterocycles. The van der Waals surface area contributed by atoms with Crippen LogP contribution in [-0.2, 0) is 15.0 Å². The summed E-state index contributed by atoms with van der Waals surface area (Å²) in [7, 11) is -3.72. The van der Waals surface area contributed by atoms with Gasteiger partial charge in [0.25, 0.3) is 10.2 Å². The molecular weight excluding hydrogens is 252 g/mol. The van der Waals surface area contributed by atoms with Gasteiger partial charge >= 0.3 is 5.97 Å². The molecule has 0 amide bonds. The van der Waals surface area contributed by atoms with Crippen molar-refractivity contribution in [1.82, 2.24) is 9.03 Å². The molecule has 2 N–H and O–H groups in total. The summed E-state index contributed by atoms with van der Waals surface area (Å²) in [6.07, 6.45) is 0. The van der Waals surface area contributed by atoms with Gasteiger partial charge < -0.3 is 5.11 Å². The maximum atomic E-state index is 11.9. The Morgan fingerprint density at radius 2 is 2.12 bits per heavy atom. The Labute approximate surface area is 99.6 Å². The lowest BCUT2D eigenvalue weighted by molar-refractivity contribution is -0.140.